The van der Waals surface area contributed by atoms with E-state index in [9.17, 15) is 9.18 Å². The molecule has 22 heavy (non-hydrogen) atoms. The van der Waals surface area contributed by atoms with E-state index in [2.05, 4.69) is 5.32 Å². The first-order chi connectivity index (χ1) is 10.7. The molecule has 1 aliphatic rings. The van der Waals surface area contributed by atoms with Gasteiger partial charge in [-0.15, -0.1) is 0 Å². The summed E-state index contributed by atoms with van der Waals surface area (Å²) in [6, 6.07) is 11.6. The Kier molecular flexibility index (Phi) is 4.23. The molecule has 1 N–H and O–H groups in total. The van der Waals surface area contributed by atoms with Crippen molar-refractivity contribution in [3.63, 3.8) is 0 Å². The molecule has 2 aromatic carbocycles. The first-order valence-corrected chi connectivity index (χ1v) is 7.10. The zero-order valence-electron chi connectivity index (χ0n) is 12.0. The summed E-state index contributed by atoms with van der Waals surface area (Å²) in [4.78, 5) is 11.9. The number of amides is 1. The van der Waals surface area contributed by atoms with Crippen molar-refractivity contribution in [1.29, 1.82) is 0 Å². The summed E-state index contributed by atoms with van der Waals surface area (Å²) >= 11 is 0. The Morgan fingerprint density at radius 1 is 1.05 bits per heavy atom. The summed E-state index contributed by atoms with van der Waals surface area (Å²) in [6.07, 6.45) is 0.155. The topological polar surface area (TPSA) is 47.6 Å². The molecular formula is C17H16FNO3. The molecule has 0 unspecified atom stereocenters. The summed E-state index contributed by atoms with van der Waals surface area (Å²) < 4.78 is 24.0. The fourth-order valence-corrected chi connectivity index (χ4v) is 2.29. The Bertz CT molecular complexity index is 687. The highest BCUT2D eigenvalue weighted by molar-refractivity contribution is 5.78. The Morgan fingerprint density at radius 2 is 1.86 bits per heavy atom. The summed E-state index contributed by atoms with van der Waals surface area (Å²) in [5, 5.41) is 2.82. The molecule has 0 bridgehead atoms. The van der Waals surface area contributed by atoms with Crippen LogP contribution in [0, 0.1) is 5.82 Å². The fraction of sp³-hybridized carbons (Fsp3) is 0.235. The van der Waals surface area contributed by atoms with Gasteiger partial charge >= 0.3 is 0 Å². The van der Waals surface area contributed by atoms with Gasteiger partial charge in [0.25, 0.3) is 0 Å². The van der Waals surface area contributed by atoms with Crippen LogP contribution in [0.5, 0.6) is 11.5 Å². The minimum absolute atomic E-state index is 0.152. The lowest BCUT2D eigenvalue weighted by Crippen LogP contribution is -2.24. The monoisotopic (exact) mass is 301 g/mol. The molecule has 0 aromatic heterocycles. The molecule has 2 aromatic rings. The van der Waals surface area contributed by atoms with Crippen molar-refractivity contribution in [3.05, 3.63) is 59.4 Å². The molecule has 0 spiro atoms. The molecular weight excluding hydrogens is 285 g/mol. The highest BCUT2D eigenvalue weighted by Crippen LogP contribution is 2.30. The number of rotatable bonds is 4. The van der Waals surface area contributed by atoms with Crippen LogP contribution in [0.1, 0.15) is 11.1 Å². The first kappa shape index (κ1) is 14.4. The molecule has 0 aliphatic carbocycles. The van der Waals surface area contributed by atoms with Crippen LogP contribution in [-0.4, -0.2) is 19.1 Å². The molecule has 1 amide bonds. The number of carbonyl (C=O) groups excluding carboxylic acids is 1. The zero-order chi connectivity index (χ0) is 15.4. The molecule has 0 radical (unpaired) electrons. The van der Waals surface area contributed by atoms with E-state index in [0.29, 0.717) is 31.1 Å². The van der Waals surface area contributed by atoms with Gasteiger partial charge in [-0.1, -0.05) is 18.2 Å². The van der Waals surface area contributed by atoms with Crippen molar-refractivity contribution in [2.45, 2.75) is 13.0 Å². The highest BCUT2D eigenvalue weighted by atomic mass is 19.1. The quantitative estimate of drug-likeness (QED) is 0.943. The average Bonchev–Trinajstić information content (AvgIpc) is 2.53. The molecule has 1 heterocycles. The standard InChI is InChI=1S/C17H16FNO3/c18-14-3-1-2-12(8-14)10-17(20)19-11-13-4-5-15-16(9-13)22-7-6-21-15/h1-5,8-9H,6-7,10-11H2,(H,19,20). The fourth-order valence-electron chi connectivity index (χ4n) is 2.29. The van der Waals surface area contributed by atoms with E-state index in [1.54, 1.807) is 12.1 Å². The van der Waals surface area contributed by atoms with E-state index in [-0.39, 0.29) is 18.1 Å². The Balaban J connectivity index is 1.57. The number of halogens is 1. The third kappa shape index (κ3) is 3.55. The Hall–Kier alpha value is -2.56. The Labute approximate surface area is 127 Å². The summed E-state index contributed by atoms with van der Waals surface area (Å²) in [6.45, 7) is 1.48. The van der Waals surface area contributed by atoms with E-state index >= 15 is 0 Å². The lowest BCUT2D eigenvalue weighted by molar-refractivity contribution is -0.120. The van der Waals surface area contributed by atoms with Crippen molar-refractivity contribution in [3.8, 4) is 11.5 Å². The molecule has 1 aliphatic heterocycles. The van der Waals surface area contributed by atoms with E-state index in [1.807, 2.05) is 18.2 Å². The summed E-state index contributed by atoms with van der Waals surface area (Å²) in [5.41, 5.74) is 1.58. The van der Waals surface area contributed by atoms with Crippen LogP contribution in [0.25, 0.3) is 0 Å². The van der Waals surface area contributed by atoms with Crippen molar-refractivity contribution >= 4 is 5.91 Å². The molecule has 4 nitrogen and oxygen atoms in total. The predicted molar refractivity (Wildman–Crippen MR) is 79.4 cm³/mol. The van der Waals surface area contributed by atoms with Gasteiger partial charge in [0.2, 0.25) is 5.91 Å². The first-order valence-electron chi connectivity index (χ1n) is 7.10. The third-order valence-electron chi connectivity index (χ3n) is 3.35. The normalized spacial score (nSPS) is 12.8. The molecule has 114 valence electrons. The van der Waals surface area contributed by atoms with Crippen molar-refractivity contribution in [1.82, 2.24) is 5.32 Å². The molecule has 0 fully saturated rings. The SMILES string of the molecule is O=C(Cc1cccc(F)c1)NCc1ccc2c(c1)OCCO2. The largest absolute Gasteiger partial charge is 0.486 e. The van der Waals surface area contributed by atoms with E-state index < -0.39 is 0 Å². The molecule has 0 saturated carbocycles. The van der Waals surface area contributed by atoms with Crippen LogP contribution in [-0.2, 0) is 17.8 Å². The van der Waals surface area contributed by atoms with Crippen LogP contribution < -0.4 is 14.8 Å². The Morgan fingerprint density at radius 3 is 2.68 bits per heavy atom. The lowest BCUT2D eigenvalue weighted by atomic mass is 10.1. The van der Waals surface area contributed by atoms with Gasteiger partial charge in [0.05, 0.1) is 6.42 Å². The van der Waals surface area contributed by atoms with Gasteiger partial charge in [-0.25, -0.2) is 4.39 Å². The van der Waals surface area contributed by atoms with Gasteiger partial charge < -0.3 is 14.8 Å². The van der Waals surface area contributed by atoms with E-state index in [4.69, 9.17) is 9.47 Å². The minimum atomic E-state index is -0.336. The number of fused-ring (bicyclic) bond motifs is 1. The van der Waals surface area contributed by atoms with Crippen LogP contribution >= 0.6 is 0 Å². The highest BCUT2D eigenvalue weighted by Gasteiger charge is 2.12. The van der Waals surface area contributed by atoms with Crippen LogP contribution in [0.3, 0.4) is 0 Å². The maximum atomic E-state index is 13.1. The van der Waals surface area contributed by atoms with E-state index in [0.717, 1.165) is 11.3 Å². The second-order valence-electron chi connectivity index (χ2n) is 5.06. The minimum Gasteiger partial charge on any atom is -0.486 e. The number of carbonyl (C=O) groups is 1. The summed E-state index contributed by atoms with van der Waals surface area (Å²) in [7, 11) is 0. The lowest BCUT2D eigenvalue weighted by Gasteiger charge is -2.19. The van der Waals surface area contributed by atoms with Gasteiger partial charge in [0.1, 0.15) is 19.0 Å². The number of hydrogen-bond acceptors (Lipinski definition) is 3. The molecule has 0 saturated heterocycles. The van der Waals surface area contributed by atoms with Crippen LogP contribution in [0.15, 0.2) is 42.5 Å². The van der Waals surface area contributed by atoms with Crippen LogP contribution in [0.4, 0.5) is 4.39 Å². The molecule has 0 atom stereocenters. The maximum Gasteiger partial charge on any atom is 0.224 e. The number of benzene rings is 2. The predicted octanol–water partition coefficient (Wildman–Crippen LogP) is 2.46. The van der Waals surface area contributed by atoms with Gasteiger partial charge in [-0.2, -0.15) is 0 Å². The number of hydrogen-bond donors (Lipinski definition) is 1. The maximum absolute atomic E-state index is 13.1. The number of nitrogens with one attached hydrogen (secondary N) is 1. The molecule has 3 rings (SSSR count). The zero-order valence-corrected chi connectivity index (χ0v) is 12.0. The second kappa shape index (κ2) is 6.47. The van der Waals surface area contributed by atoms with Crippen molar-refractivity contribution in [2.75, 3.05) is 13.2 Å². The smallest absolute Gasteiger partial charge is 0.224 e. The van der Waals surface area contributed by atoms with Gasteiger partial charge in [-0.05, 0) is 35.4 Å². The van der Waals surface area contributed by atoms with Gasteiger partial charge in [0, 0.05) is 6.54 Å². The van der Waals surface area contributed by atoms with E-state index in [1.165, 1.54) is 12.1 Å². The van der Waals surface area contributed by atoms with Crippen molar-refractivity contribution < 1.29 is 18.7 Å². The van der Waals surface area contributed by atoms with Crippen LogP contribution in [0.2, 0.25) is 0 Å². The van der Waals surface area contributed by atoms with Crippen molar-refractivity contribution in [2.24, 2.45) is 0 Å². The third-order valence-corrected chi connectivity index (χ3v) is 3.35. The van der Waals surface area contributed by atoms with Gasteiger partial charge in [0.15, 0.2) is 11.5 Å². The van der Waals surface area contributed by atoms with Gasteiger partial charge in [-0.3, -0.25) is 4.79 Å². The molecule has 5 heteroatoms. The average molecular weight is 301 g/mol. The second-order valence-corrected chi connectivity index (χ2v) is 5.06. The summed E-state index contributed by atoms with van der Waals surface area (Å²) in [5.74, 6) is 0.932. The number of ether oxygens (including phenoxy) is 2.